The number of carbonyl (C=O) groups is 3. The molecule has 12 heteroatoms. The molecule has 3 aromatic carbocycles. The first-order valence-electron chi connectivity index (χ1n) is 9.61. The van der Waals surface area contributed by atoms with E-state index in [1.807, 2.05) is 0 Å². The molecule has 0 fully saturated rings. The Morgan fingerprint density at radius 1 is 1.03 bits per heavy atom. The number of carbonyl (C=O) groups excluding carboxylic acids is 3. The van der Waals surface area contributed by atoms with Crippen molar-refractivity contribution in [3.8, 4) is 0 Å². The second kappa shape index (κ2) is 9.73. The third kappa shape index (κ3) is 4.75. The molecule has 34 heavy (non-hydrogen) atoms. The number of hydrogen-bond acceptors (Lipinski definition) is 9. The monoisotopic (exact) mass is 496 g/mol. The largest absolute Gasteiger partial charge is 0.452 e. The van der Waals surface area contributed by atoms with Crippen molar-refractivity contribution in [2.45, 2.75) is 0 Å². The number of halogens is 1. The second-order valence-electron chi connectivity index (χ2n) is 6.86. The molecule has 1 amide bonds. The quantitative estimate of drug-likeness (QED) is 0.173. The molecule has 1 N–H and O–H groups in total. The molecule has 10 nitrogen and oxygen atoms in total. The Balaban J connectivity index is 1.49. The van der Waals surface area contributed by atoms with Crippen molar-refractivity contribution in [2.24, 2.45) is 0 Å². The van der Waals surface area contributed by atoms with Crippen molar-refractivity contribution in [3.63, 3.8) is 0 Å². The Bertz CT molecular complexity index is 1450. The summed E-state index contributed by atoms with van der Waals surface area (Å²) in [5.41, 5.74) is 0.960. The van der Waals surface area contributed by atoms with Crippen LogP contribution in [0.5, 0.6) is 0 Å². The molecule has 0 saturated carbocycles. The summed E-state index contributed by atoms with van der Waals surface area (Å²) >= 11 is 6.81. The molecule has 0 bridgehead atoms. The highest BCUT2D eigenvalue weighted by molar-refractivity contribution is 7.00. The molecule has 0 aliphatic carbocycles. The molecule has 0 aliphatic heterocycles. The van der Waals surface area contributed by atoms with Crippen molar-refractivity contribution < 1.29 is 24.0 Å². The van der Waals surface area contributed by atoms with Gasteiger partial charge in [0.25, 0.3) is 11.6 Å². The Morgan fingerprint density at radius 3 is 2.56 bits per heavy atom. The Labute approximate surface area is 200 Å². The summed E-state index contributed by atoms with van der Waals surface area (Å²) in [7, 11) is 0. The number of anilines is 1. The summed E-state index contributed by atoms with van der Waals surface area (Å²) < 4.78 is 13.3. The first-order valence-corrected chi connectivity index (χ1v) is 10.7. The number of rotatable bonds is 7. The van der Waals surface area contributed by atoms with E-state index < -0.39 is 34.9 Å². The third-order valence-corrected chi connectivity index (χ3v) is 5.55. The fourth-order valence-corrected chi connectivity index (χ4v) is 3.85. The van der Waals surface area contributed by atoms with Crippen LogP contribution in [0.2, 0.25) is 5.02 Å². The third-order valence-electron chi connectivity index (χ3n) is 4.69. The lowest BCUT2D eigenvalue weighted by Gasteiger charge is -2.10. The van der Waals surface area contributed by atoms with E-state index in [0.29, 0.717) is 16.7 Å². The van der Waals surface area contributed by atoms with E-state index in [9.17, 15) is 24.5 Å². The van der Waals surface area contributed by atoms with E-state index in [1.165, 1.54) is 36.4 Å². The van der Waals surface area contributed by atoms with Gasteiger partial charge < -0.3 is 10.1 Å². The summed E-state index contributed by atoms with van der Waals surface area (Å²) in [5, 5.41) is 13.6. The van der Waals surface area contributed by atoms with E-state index in [4.69, 9.17) is 16.3 Å². The fraction of sp³-hybridized carbons (Fsp3) is 0.0455. The van der Waals surface area contributed by atoms with Crippen molar-refractivity contribution in [3.05, 3.63) is 92.5 Å². The van der Waals surface area contributed by atoms with Crippen LogP contribution in [0.3, 0.4) is 0 Å². The lowest BCUT2D eigenvalue weighted by molar-refractivity contribution is -0.384. The van der Waals surface area contributed by atoms with Gasteiger partial charge in [0, 0.05) is 17.2 Å². The molecule has 170 valence electrons. The maximum absolute atomic E-state index is 13.0. The van der Waals surface area contributed by atoms with E-state index in [-0.39, 0.29) is 21.7 Å². The van der Waals surface area contributed by atoms with Gasteiger partial charge in [-0.1, -0.05) is 35.9 Å². The van der Waals surface area contributed by atoms with E-state index in [0.717, 1.165) is 17.8 Å². The summed E-state index contributed by atoms with van der Waals surface area (Å²) in [5.74, 6) is -2.15. The van der Waals surface area contributed by atoms with Crippen LogP contribution in [0.15, 0.2) is 60.7 Å². The Morgan fingerprint density at radius 2 is 1.79 bits per heavy atom. The molecule has 0 spiro atoms. The van der Waals surface area contributed by atoms with E-state index in [1.54, 1.807) is 18.2 Å². The van der Waals surface area contributed by atoms with Crippen LogP contribution in [0.25, 0.3) is 11.0 Å². The average molecular weight is 497 g/mol. The van der Waals surface area contributed by atoms with E-state index in [2.05, 4.69) is 14.1 Å². The van der Waals surface area contributed by atoms with Crippen LogP contribution in [0.4, 0.5) is 11.4 Å². The van der Waals surface area contributed by atoms with Gasteiger partial charge in [-0.25, -0.2) is 4.79 Å². The lowest BCUT2D eigenvalue weighted by Crippen LogP contribution is -2.22. The molecule has 0 aliphatic rings. The number of ketones is 1. The summed E-state index contributed by atoms with van der Waals surface area (Å²) in [6.07, 6.45) is 0. The predicted octanol–water partition coefficient (Wildman–Crippen LogP) is 4.28. The number of aromatic nitrogens is 2. The van der Waals surface area contributed by atoms with Crippen LogP contribution in [-0.4, -0.2) is 37.9 Å². The number of benzene rings is 3. The number of ether oxygens (including phenoxy) is 1. The van der Waals surface area contributed by atoms with E-state index >= 15 is 0 Å². The summed E-state index contributed by atoms with van der Waals surface area (Å²) in [4.78, 5) is 48.4. The highest BCUT2D eigenvalue weighted by Gasteiger charge is 2.23. The normalized spacial score (nSPS) is 10.6. The summed E-state index contributed by atoms with van der Waals surface area (Å²) in [6.45, 7) is -0.609. The number of nitrogens with one attached hydrogen (secondary N) is 1. The van der Waals surface area contributed by atoms with Crippen LogP contribution in [-0.2, 0) is 9.53 Å². The number of nitro benzene ring substituents is 1. The SMILES string of the molecule is O=C(COC(=O)c1ccccc1C(=O)c1ccc(Cl)c([N+](=O)[O-])c1)Nc1cccc2nsnc12. The minimum atomic E-state index is -0.906. The number of nitro groups is 1. The molecular formula is C22H13ClN4O6S. The number of amides is 1. The molecule has 4 rings (SSSR count). The van der Waals surface area contributed by atoms with Crippen molar-refractivity contribution >= 4 is 63.4 Å². The maximum atomic E-state index is 13.0. The van der Waals surface area contributed by atoms with Gasteiger partial charge in [0.05, 0.1) is 27.9 Å². The zero-order chi connectivity index (χ0) is 24.2. The number of hydrogen-bond donors (Lipinski definition) is 1. The maximum Gasteiger partial charge on any atom is 0.339 e. The average Bonchev–Trinajstić information content (AvgIpc) is 3.32. The first-order chi connectivity index (χ1) is 16.3. The van der Waals surface area contributed by atoms with Gasteiger partial charge in [-0.15, -0.1) is 0 Å². The zero-order valence-corrected chi connectivity index (χ0v) is 18.6. The van der Waals surface area contributed by atoms with Crippen molar-refractivity contribution in [1.82, 2.24) is 8.75 Å². The molecule has 1 aromatic heterocycles. The molecule has 0 radical (unpaired) electrons. The standard InChI is InChI=1S/C22H13ClN4O6S/c23-15-9-8-12(10-18(15)27(31)32)21(29)13-4-1-2-5-14(13)22(30)33-11-19(28)24-16-6-3-7-17-20(16)26-34-25-17/h1-10H,11H2,(H,24,28). The van der Waals surface area contributed by atoms with Gasteiger partial charge in [-0.2, -0.15) is 8.75 Å². The van der Waals surface area contributed by atoms with Crippen molar-refractivity contribution in [1.29, 1.82) is 0 Å². The number of fused-ring (bicyclic) bond motifs is 1. The molecular weight excluding hydrogens is 484 g/mol. The predicted molar refractivity (Wildman–Crippen MR) is 124 cm³/mol. The molecule has 0 unspecified atom stereocenters. The zero-order valence-electron chi connectivity index (χ0n) is 17.1. The van der Waals surface area contributed by atoms with Gasteiger partial charge in [-0.05, 0) is 30.3 Å². The van der Waals surface area contributed by atoms with Gasteiger partial charge in [0.15, 0.2) is 12.4 Å². The number of esters is 1. The topological polar surface area (TPSA) is 141 Å². The van der Waals surface area contributed by atoms with Crippen LogP contribution >= 0.6 is 23.3 Å². The lowest BCUT2D eigenvalue weighted by atomic mass is 9.98. The number of nitrogens with zero attached hydrogens (tertiary/aromatic N) is 3. The Kier molecular flexibility index (Phi) is 6.57. The summed E-state index contributed by atoms with van der Waals surface area (Å²) in [6, 6.07) is 14.5. The minimum absolute atomic E-state index is 0.0286. The van der Waals surface area contributed by atoms with Crippen LogP contribution in [0, 0.1) is 10.1 Å². The Hall–Kier alpha value is -4.22. The fourth-order valence-electron chi connectivity index (χ4n) is 3.11. The van der Waals surface area contributed by atoms with Gasteiger partial charge in [-0.3, -0.25) is 19.7 Å². The highest BCUT2D eigenvalue weighted by Crippen LogP contribution is 2.27. The molecule has 4 aromatic rings. The first kappa shape index (κ1) is 23.0. The highest BCUT2D eigenvalue weighted by atomic mass is 35.5. The van der Waals surface area contributed by atoms with Gasteiger partial charge >= 0.3 is 5.97 Å². The van der Waals surface area contributed by atoms with Crippen LogP contribution < -0.4 is 5.32 Å². The van der Waals surface area contributed by atoms with Crippen molar-refractivity contribution in [2.75, 3.05) is 11.9 Å². The second-order valence-corrected chi connectivity index (χ2v) is 7.80. The minimum Gasteiger partial charge on any atom is -0.452 e. The van der Waals surface area contributed by atoms with Gasteiger partial charge in [0.2, 0.25) is 0 Å². The van der Waals surface area contributed by atoms with Gasteiger partial charge in [0.1, 0.15) is 16.1 Å². The smallest absolute Gasteiger partial charge is 0.339 e. The molecule has 0 atom stereocenters. The van der Waals surface area contributed by atoms with Crippen LogP contribution in [0.1, 0.15) is 26.3 Å². The molecule has 1 heterocycles. The molecule has 0 saturated heterocycles.